The van der Waals surface area contributed by atoms with Crippen molar-refractivity contribution in [1.29, 1.82) is 0 Å². The Morgan fingerprint density at radius 1 is 1.31 bits per heavy atom. The largest absolute Gasteiger partial charge is 0.502 e. The van der Waals surface area contributed by atoms with Crippen LogP contribution in [-0.2, 0) is 0 Å². The van der Waals surface area contributed by atoms with Gasteiger partial charge in [0, 0.05) is 24.1 Å². The van der Waals surface area contributed by atoms with E-state index in [1.165, 1.54) is 6.07 Å². The summed E-state index contributed by atoms with van der Waals surface area (Å²) in [4.78, 5) is 23.2. The van der Waals surface area contributed by atoms with Gasteiger partial charge in [-0.1, -0.05) is 17.3 Å². The van der Waals surface area contributed by atoms with Gasteiger partial charge in [0.05, 0.1) is 18.1 Å². The molecule has 0 radical (unpaired) electrons. The molecule has 2 aromatic carbocycles. The second-order valence-electron chi connectivity index (χ2n) is 6.38. The van der Waals surface area contributed by atoms with E-state index >= 15 is 0 Å². The van der Waals surface area contributed by atoms with Crippen LogP contribution in [0.3, 0.4) is 0 Å². The number of nitrogens with zero attached hydrogens (tertiary/aromatic N) is 2. The number of hydrogen-bond donors (Lipinski definition) is 2. The molecule has 1 aromatic heterocycles. The number of hydrogen-bond acceptors (Lipinski definition) is 8. The zero-order chi connectivity index (χ0) is 21.0. The van der Waals surface area contributed by atoms with Gasteiger partial charge in [0.15, 0.2) is 17.4 Å². The van der Waals surface area contributed by atoms with Crippen LogP contribution in [0.15, 0.2) is 53.1 Å². The van der Waals surface area contributed by atoms with Gasteiger partial charge in [-0.2, -0.15) is 0 Å². The molecule has 0 saturated heterocycles. The van der Waals surface area contributed by atoms with Gasteiger partial charge >= 0.3 is 5.69 Å². The van der Waals surface area contributed by atoms with E-state index < -0.39 is 22.4 Å². The fourth-order valence-corrected chi connectivity index (χ4v) is 2.87. The van der Waals surface area contributed by atoms with Crippen molar-refractivity contribution < 1.29 is 24.1 Å². The molecule has 2 N–H and O–H groups in total. The summed E-state index contributed by atoms with van der Waals surface area (Å²) in [7, 11) is 1.54. The number of methoxy groups -OCH3 is 1. The first-order valence-electron chi connectivity index (χ1n) is 8.72. The minimum atomic E-state index is -0.734. The first-order chi connectivity index (χ1) is 13.9. The van der Waals surface area contributed by atoms with Crippen LogP contribution in [0.4, 0.5) is 11.5 Å². The molecule has 0 aliphatic rings. The summed E-state index contributed by atoms with van der Waals surface area (Å²) < 4.78 is 10.3. The normalized spacial score (nSPS) is 11.7. The summed E-state index contributed by atoms with van der Waals surface area (Å²) in [6.45, 7) is 1.75. The Hall–Kier alpha value is -3.88. The number of phenolic OH excluding ortho intramolecular Hbond substituents is 1. The van der Waals surface area contributed by atoms with Crippen LogP contribution in [0.1, 0.15) is 34.1 Å². The SMILES string of the molecule is COc1cccc(C(CC(=O)c2ccc(O)c([N+](=O)[O-])c2)Nc2cc(C)on2)c1. The maximum atomic E-state index is 12.8. The van der Waals surface area contributed by atoms with E-state index in [0.717, 1.165) is 17.7 Å². The topological polar surface area (TPSA) is 128 Å². The Labute approximate surface area is 166 Å². The third-order valence-corrected chi connectivity index (χ3v) is 4.33. The molecule has 3 rings (SSSR count). The Kier molecular flexibility index (Phi) is 5.77. The number of carbonyl (C=O) groups is 1. The number of carbonyl (C=O) groups excluding carboxylic acids is 1. The van der Waals surface area contributed by atoms with Crippen molar-refractivity contribution in [2.24, 2.45) is 0 Å². The molecule has 1 unspecified atom stereocenters. The molecule has 0 aliphatic heterocycles. The fourth-order valence-electron chi connectivity index (χ4n) is 2.87. The van der Waals surface area contributed by atoms with Crippen molar-refractivity contribution in [3.8, 4) is 11.5 Å². The Balaban J connectivity index is 1.90. The number of anilines is 1. The number of nitrogens with one attached hydrogen (secondary N) is 1. The second-order valence-corrected chi connectivity index (χ2v) is 6.38. The van der Waals surface area contributed by atoms with Crippen LogP contribution in [0.5, 0.6) is 11.5 Å². The molecule has 1 atom stereocenters. The Morgan fingerprint density at radius 3 is 2.76 bits per heavy atom. The van der Waals surface area contributed by atoms with E-state index in [-0.39, 0.29) is 17.8 Å². The lowest BCUT2D eigenvalue weighted by Crippen LogP contribution is -2.16. The Morgan fingerprint density at radius 2 is 2.10 bits per heavy atom. The van der Waals surface area contributed by atoms with Gasteiger partial charge < -0.3 is 19.7 Å². The van der Waals surface area contributed by atoms with Crippen molar-refractivity contribution in [3.63, 3.8) is 0 Å². The van der Waals surface area contributed by atoms with E-state index in [9.17, 15) is 20.0 Å². The molecule has 9 nitrogen and oxygen atoms in total. The molecule has 29 heavy (non-hydrogen) atoms. The first kappa shape index (κ1) is 19.9. The molecule has 150 valence electrons. The van der Waals surface area contributed by atoms with Gasteiger partial charge in [-0.15, -0.1) is 0 Å². The molecular weight excluding hydrogens is 378 g/mol. The third kappa shape index (κ3) is 4.70. The quantitative estimate of drug-likeness (QED) is 0.331. The predicted octanol–water partition coefficient (Wildman–Crippen LogP) is 4.03. The van der Waals surface area contributed by atoms with Gasteiger partial charge in [-0.25, -0.2) is 0 Å². The average molecular weight is 397 g/mol. The van der Waals surface area contributed by atoms with E-state index in [1.54, 1.807) is 38.3 Å². The number of aromatic hydroxyl groups is 1. The van der Waals surface area contributed by atoms with Crippen molar-refractivity contribution in [3.05, 3.63) is 75.5 Å². The first-order valence-corrected chi connectivity index (χ1v) is 8.72. The van der Waals surface area contributed by atoms with E-state index in [2.05, 4.69) is 10.5 Å². The smallest absolute Gasteiger partial charge is 0.311 e. The highest BCUT2D eigenvalue weighted by atomic mass is 16.6. The molecule has 0 bridgehead atoms. The fraction of sp³-hybridized carbons (Fsp3) is 0.200. The summed E-state index contributed by atoms with van der Waals surface area (Å²) in [6.07, 6.45) is -0.0129. The number of nitro groups is 1. The standard InChI is InChI=1S/C20H19N3O6/c1-12-8-20(22-29-12)21-16(13-4-3-5-15(9-13)28-2)11-19(25)14-6-7-18(24)17(10-14)23(26)27/h3-10,16,24H,11H2,1-2H3,(H,21,22). The summed E-state index contributed by atoms with van der Waals surface area (Å²) in [5, 5.41) is 27.7. The number of ketones is 1. The van der Waals surface area contributed by atoms with Crippen molar-refractivity contribution in [2.45, 2.75) is 19.4 Å². The highest BCUT2D eigenvalue weighted by molar-refractivity contribution is 5.97. The number of benzene rings is 2. The molecule has 0 aliphatic carbocycles. The van der Waals surface area contributed by atoms with Gasteiger partial charge in [0.2, 0.25) is 0 Å². The lowest BCUT2D eigenvalue weighted by molar-refractivity contribution is -0.385. The van der Waals surface area contributed by atoms with Gasteiger partial charge in [-0.05, 0) is 36.8 Å². The zero-order valence-electron chi connectivity index (χ0n) is 15.8. The molecule has 1 heterocycles. The summed E-state index contributed by atoms with van der Waals surface area (Å²) in [5.41, 5.74) is 0.376. The minimum Gasteiger partial charge on any atom is -0.502 e. The molecule has 0 saturated carbocycles. The molecule has 9 heteroatoms. The van der Waals surface area contributed by atoms with Crippen LogP contribution >= 0.6 is 0 Å². The molecular formula is C20H19N3O6. The molecule has 0 fully saturated rings. The van der Waals surface area contributed by atoms with Crippen LogP contribution in [-0.4, -0.2) is 28.1 Å². The van der Waals surface area contributed by atoms with E-state index in [1.807, 2.05) is 6.07 Å². The van der Waals surface area contributed by atoms with Crippen molar-refractivity contribution in [2.75, 3.05) is 12.4 Å². The van der Waals surface area contributed by atoms with E-state index in [0.29, 0.717) is 17.3 Å². The number of aryl methyl sites for hydroxylation is 1. The maximum Gasteiger partial charge on any atom is 0.311 e. The highest BCUT2D eigenvalue weighted by Gasteiger charge is 2.22. The second kappa shape index (κ2) is 8.42. The Bertz CT molecular complexity index is 1050. The summed E-state index contributed by atoms with van der Waals surface area (Å²) in [6, 6.07) is 12.0. The number of rotatable bonds is 8. The van der Waals surface area contributed by atoms with Gasteiger partial charge in [0.25, 0.3) is 0 Å². The van der Waals surface area contributed by atoms with Crippen LogP contribution < -0.4 is 10.1 Å². The minimum absolute atomic E-state index is 0.0129. The number of phenols is 1. The monoisotopic (exact) mass is 397 g/mol. The predicted molar refractivity (Wildman–Crippen MR) is 104 cm³/mol. The van der Waals surface area contributed by atoms with Crippen LogP contribution in [0.25, 0.3) is 0 Å². The third-order valence-electron chi connectivity index (χ3n) is 4.33. The van der Waals surface area contributed by atoms with Gasteiger partial charge in [-0.3, -0.25) is 14.9 Å². The molecule has 3 aromatic rings. The van der Waals surface area contributed by atoms with Gasteiger partial charge in [0.1, 0.15) is 11.5 Å². The number of aromatic nitrogens is 1. The summed E-state index contributed by atoms with van der Waals surface area (Å²) in [5.74, 6) is 0.858. The van der Waals surface area contributed by atoms with Crippen molar-refractivity contribution in [1.82, 2.24) is 5.16 Å². The lowest BCUT2D eigenvalue weighted by atomic mass is 9.97. The summed E-state index contributed by atoms with van der Waals surface area (Å²) >= 11 is 0. The van der Waals surface area contributed by atoms with Crippen LogP contribution in [0, 0.1) is 17.0 Å². The lowest BCUT2D eigenvalue weighted by Gasteiger charge is -2.19. The number of Topliss-reactive ketones (excluding diaryl/α,β-unsaturated/α-hetero) is 1. The number of nitro benzene ring substituents is 1. The maximum absolute atomic E-state index is 12.8. The zero-order valence-corrected chi connectivity index (χ0v) is 15.8. The van der Waals surface area contributed by atoms with Crippen molar-refractivity contribution >= 4 is 17.3 Å². The molecule has 0 amide bonds. The van der Waals surface area contributed by atoms with Crippen LogP contribution in [0.2, 0.25) is 0 Å². The van der Waals surface area contributed by atoms with E-state index in [4.69, 9.17) is 9.26 Å². The molecule has 0 spiro atoms. The average Bonchev–Trinajstić information content (AvgIpc) is 3.12. The number of ether oxygens (including phenoxy) is 1. The highest BCUT2D eigenvalue weighted by Crippen LogP contribution is 2.30.